The van der Waals surface area contributed by atoms with Gasteiger partial charge in [0.25, 0.3) is 0 Å². The molecule has 4 nitrogen and oxygen atoms in total. The number of halogens is 19. The molecule has 0 bridgehead atoms. The van der Waals surface area contributed by atoms with Crippen LogP contribution in [0.5, 0.6) is 0 Å². The summed E-state index contributed by atoms with van der Waals surface area (Å²) in [4.78, 5) is 0. The summed E-state index contributed by atoms with van der Waals surface area (Å²) in [6, 6.07) is 6.90. The molecule has 46 heavy (non-hydrogen) atoms. The van der Waals surface area contributed by atoms with Crippen molar-refractivity contribution in [1.29, 1.82) is 0 Å². The maximum Gasteiger partial charge on any atom is 0.460 e. The van der Waals surface area contributed by atoms with Gasteiger partial charge in [0, 0.05) is 5.56 Å². The predicted octanol–water partition coefficient (Wildman–Crippen LogP) is 8.64. The van der Waals surface area contributed by atoms with Gasteiger partial charge < -0.3 is 0 Å². The van der Waals surface area contributed by atoms with Crippen molar-refractivity contribution in [3.63, 3.8) is 0 Å². The first-order chi connectivity index (χ1) is 20.4. The lowest BCUT2D eigenvalue weighted by molar-refractivity contribution is -0.382. The van der Waals surface area contributed by atoms with E-state index in [0.29, 0.717) is 12.1 Å². The first-order valence-electron chi connectivity index (χ1n) is 11.0. The maximum absolute atomic E-state index is 15.2. The first-order valence-corrected chi connectivity index (χ1v) is 12.4. The molecule has 0 spiro atoms. The lowest BCUT2D eigenvalue weighted by atomic mass is 9.88. The predicted molar refractivity (Wildman–Crippen MR) is 115 cm³/mol. The summed E-state index contributed by atoms with van der Waals surface area (Å²) in [5.41, 5.74) is -6.89. The Bertz CT molecular complexity index is 1540. The molecule has 0 saturated heterocycles. The Hall–Kier alpha value is -3.47. The van der Waals surface area contributed by atoms with E-state index in [4.69, 9.17) is 0 Å². The van der Waals surface area contributed by atoms with E-state index in [-0.39, 0.29) is 6.07 Å². The average Bonchev–Trinajstić information content (AvgIpc) is 2.92. The van der Waals surface area contributed by atoms with Gasteiger partial charge in [-0.25, -0.2) is 8.78 Å². The molecule has 0 N–H and O–H groups in total. The summed E-state index contributed by atoms with van der Waals surface area (Å²) in [5.74, 6) is -46.4. The quantitative estimate of drug-likeness (QED) is 0.125. The zero-order chi connectivity index (χ0) is 36.2. The van der Waals surface area contributed by atoms with E-state index < -0.39 is 85.9 Å². The molecule has 0 radical (unpaired) electrons. The molecule has 2 aromatic carbocycles. The van der Waals surface area contributed by atoms with Crippen molar-refractivity contribution in [2.45, 2.75) is 53.4 Å². The number of benzene rings is 2. The van der Waals surface area contributed by atoms with E-state index >= 15 is 8.78 Å². The van der Waals surface area contributed by atoms with Crippen LogP contribution < -0.4 is 0 Å². The van der Waals surface area contributed by atoms with Gasteiger partial charge in [0.05, 0.1) is 0 Å². The number of nitrogens with zero attached hydrogens (tertiary/aromatic N) is 1. The SMILES string of the molecule is O=S(=O)(ON=C(c1ccccc1-c1ccccc1)C(F)(F)C(F)(F)C(F)(F)C(F)(F)C(F)F)C(F)(F)C(F)(F)C(F)(F)C(F)(F)F. The molecule has 0 aliphatic rings. The zero-order valence-corrected chi connectivity index (χ0v) is 21.9. The van der Waals surface area contributed by atoms with E-state index in [1.807, 2.05) is 0 Å². The van der Waals surface area contributed by atoms with E-state index in [0.717, 1.165) is 30.3 Å². The molecule has 0 heterocycles. The highest BCUT2D eigenvalue weighted by molar-refractivity contribution is 7.87. The van der Waals surface area contributed by atoms with Crippen molar-refractivity contribution in [2.75, 3.05) is 0 Å². The first kappa shape index (κ1) is 38.7. The second-order valence-corrected chi connectivity index (χ2v) is 10.3. The van der Waals surface area contributed by atoms with Crippen molar-refractivity contribution < 1.29 is 96.1 Å². The fourth-order valence-electron chi connectivity index (χ4n) is 3.18. The van der Waals surface area contributed by atoms with Crippen LogP contribution in [0.2, 0.25) is 0 Å². The highest BCUT2D eigenvalue weighted by atomic mass is 32.2. The van der Waals surface area contributed by atoms with Gasteiger partial charge in [0.2, 0.25) is 0 Å². The third-order valence-corrected chi connectivity index (χ3v) is 6.86. The number of hydrogen-bond donors (Lipinski definition) is 0. The Kier molecular flexibility index (Phi) is 9.80. The van der Waals surface area contributed by atoms with Gasteiger partial charge in [0.1, 0.15) is 0 Å². The summed E-state index contributed by atoms with van der Waals surface area (Å²) in [7, 11) is -8.31. The lowest BCUT2D eigenvalue weighted by Crippen LogP contribution is -2.66. The van der Waals surface area contributed by atoms with Crippen molar-refractivity contribution >= 4 is 15.8 Å². The van der Waals surface area contributed by atoms with Crippen LogP contribution in [0.25, 0.3) is 11.1 Å². The number of oxime groups is 1. The fraction of sp³-hybridized carbons (Fsp3) is 0.409. The van der Waals surface area contributed by atoms with Gasteiger partial charge >= 0.3 is 63.5 Å². The Balaban J connectivity index is 2.96. The standard InChI is InChI=1S/C22H10F19NO3S/c23-14(24)16(27,28)18(31,32)17(29,30)15(25,26)13(12-9-5-4-8-11(12)10-6-2-1-3-7-10)42-45-46(43,44)22(40,41)20(35,36)19(33,34)21(37,38)39/h1-9,14H. The van der Waals surface area contributed by atoms with E-state index in [1.165, 1.54) is 11.2 Å². The van der Waals surface area contributed by atoms with Crippen LogP contribution in [0.15, 0.2) is 59.8 Å². The molecule has 0 saturated carbocycles. The van der Waals surface area contributed by atoms with Crippen molar-refractivity contribution in [2.24, 2.45) is 5.16 Å². The van der Waals surface area contributed by atoms with Crippen LogP contribution >= 0.6 is 0 Å². The third kappa shape index (κ3) is 5.80. The number of hydrogen-bond acceptors (Lipinski definition) is 4. The summed E-state index contributed by atoms with van der Waals surface area (Å²) in [6.07, 6.45) is -13.5. The van der Waals surface area contributed by atoms with Crippen LogP contribution in [-0.4, -0.2) is 67.5 Å². The topological polar surface area (TPSA) is 55.7 Å². The summed E-state index contributed by atoms with van der Waals surface area (Å²) in [6.45, 7) is 0. The summed E-state index contributed by atoms with van der Waals surface area (Å²) >= 11 is 0. The minimum Gasteiger partial charge on any atom is -0.263 e. The van der Waals surface area contributed by atoms with Gasteiger partial charge in [-0.05, 0) is 11.1 Å². The molecule has 24 heteroatoms. The molecule has 0 amide bonds. The second-order valence-electron chi connectivity index (χ2n) is 8.69. The molecule has 0 aliphatic carbocycles. The van der Waals surface area contributed by atoms with Crippen molar-refractivity contribution in [3.8, 4) is 11.1 Å². The van der Waals surface area contributed by atoms with Crippen molar-refractivity contribution in [3.05, 3.63) is 60.2 Å². The Labute approximate surface area is 242 Å². The van der Waals surface area contributed by atoms with Gasteiger partial charge in [-0.1, -0.05) is 59.8 Å². The Morgan fingerprint density at radius 1 is 0.609 bits per heavy atom. The van der Waals surface area contributed by atoms with Crippen LogP contribution in [0.3, 0.4) is 0 Å². The molecule has 2 aromatic rings. The fourth-order valence-corrected chi connectivity index (χ4v) is 3.89. The monoisotopic (exact) mass is 729 g/mol. The maximum atomic E-state index is 15.2. The molecule has 0 fully saturated rings. The third-order valence-electron chi connectivity index (χ3n) is 5.70. The lowest BCUT2D eigenvalue weighted by Gasteiger charge is -2.36. The normalized spacial score (nSPS) is 15.3. The number of rotatable bonds is 12. The largest absolute Gasteiger partial charge is 0.460 e. The molecular weight excluding hydrogens is 719 g/mol. The highest BCUT2D eigenvalue weighted by Gasteiger charge is 2.87. The van der Waals surface area contributed by atoms with Gasteiger partial charge in [-0.3, -0.25) is 4.28 Å². The van der Waals surface area contributed by atoms with E-state index in [2.05, 4.69) is 4.28 Å². The van der Waals surface area contributed by atoms with Crippen LogP contribution in [-0.2, 0) is 14.4 Å². The molecule has 0 unspecified atom stereocenters. The van der Waals surface area contributed by atoms with Crippen molar-refractivity contribution in [1.82, 2.24) is 0 Å². The smallest absolute Gasteiger partial charge is 0.263 e. The summed E-state index contributed by atoms with van der Waals surface area (Å²) < 4.78 is 284. The van der Waals surface area contributed by atoms with Gasteiger partial charge in [-0.2, -0.15) is 83.1 Å². The van der Waals surface area contributed by atoms with Gasteiger partial charge in [-0.15, -0.1) is 0 Å². The van der Waals surface area contributed by atoms with E-state index in [9.17, 15) is 83.1 Å². The zero-order valence-electron chi connectivity index (χ0n) is 21.0. The Morgan fingerprint density at radius 2 is 1.07 bits per heavy atom. The molecule has 0 atom stereocenters. The highest BCUT2D eigenvalue weighted by Crippen LogP contribution is 2.57. The molecular formula is C22H10F19NO3S. The Morgan fingerprint density at radius 3 is 1.52 bits per heavy atom. The molecule has 0 aliphatic heterocycles. The molecule has 0 aromatic heterocycles. The van der Waals surface area contributed by atoms with E-state index in [1.54, 1.807) is 0 Å². The molecule has 260 valence electrons. The minimum absolute atomic E-state index is 0.0507. The average molecular weight is 729 g/mol. The van der Waals surface area contributed by atoms with Crippen LogP contribution in [0, 0.1) is 0 Å². The number of alkyl halides is 19. The molecule has 2 rings (SSSR count). The van der Waals surface area contributed by atoms with Gasteiger partial charge in [0.15, 0.2) is 5.71 Å². The second kappa shape index (κ2) is 11.6. The minimum atomic E-state index is -8.31. The summed E-state index contributed by atoms with van der Waals surface area (Å²) in [5, 5.41) is -6.42. The van der Waals surface area contributed by atoms with Crippen LogP contribution in [0.1, 0.15) is 5.56 Å². The van der Waals surface area contributed by atoms with Crippen LogP contribution in [0.4, 0.5) is 83.4 Å².